The molecule has 0 saturated carbocycles. The Labute approximate surface area is 184 Å². The zero-order chi connectivity index (χ0) is 21.5. The molecule has 160 valence electrons. The van der Waals surface area contributed by atoms with E-state index < -0.39 is 15.9 Å². The molecule has 0 spiro atoms. The van der Waals surface area contributed by atoms with Crippen molar-refractivity contribution in [3.05, 3.63) is 45.6 Å². The summed E-state index contributed by atoms with van der Waals surface area (Å²) in [5, 5.41) is 1.75. The van der Waals surface area contributed by atoms with Crippen LogP contribution >= 0.6 is 22.7 Å². The number of thiophene rings is 1. The van der Waals surface area contributed by atoms with Gasteiger partial charge in [-0.2, -0.15) is 9.30 Å². The highest BCUT2D eigenvalue weighted by molar-refractivity contribution is 7.91. The lowest BCUT2D eigenvalue weighted by molar-refractivity contribution is -0.122. The molecule has 4 rings (SSSR count). The highest BCUT2D eigenvalue weighted by atomic mass is 32.2. The minimum atomic E-state index is -3.55. The highest BCUT2D eigenvalue weighted by Crippen LogP contribution is 2.27. The van der Waals surface area contributed by atoms with Gasteiger partial charge in [-0.3, -0.25) is 4.79 Å². The summed E-state index contributed by atoms with van der Waals surface area (Å²) in [6, 6.07) is 7.61. The van der Waals surface area contributed by atoms with Gasteiger partial charge in [-0.15, -0.1) is 11.3 Å². The molecule has 6 nitrogen and oxygen atoms in total. The molecule has 1 amide bonds. The molecule has 3 heterocycles. The fraction of sp³-hybridized carbons (Fsp3) is 0.429. The molecule has 2 aromatic heterocycles. The molecular weight excluding hydrogens is 438 g/mol. The second-order valence-corrected chi connectivity index (χ2v) is 11.7. The fourth-order valence-electron chi connectivity index (χ4n) is 3.99. The number of piperidine rings is 1. The zero-order valence-electron chi connectivity index (χ0n) is 17.3. The number of thiazole rings is 1. The van der Waals surface area contributed by atoms with Crippen LogP contribution in [0.2, 0.25) is 0 Å². The number of nitrogens with zero attached hydrogens (tertiary/aromatic N) is 3. The van der Waals surface area contributed by atoms with Crippen molar-refractivity contribution in [2.45, 2.75) is 44.4 Å². The van der Waals surface area contributed by atoms with Gasteiger partial charge in [0.1, 0.15) is 4.21 Å². The van der Waals surface area contributed by atoms with Crippen molar-refractivity contribution >= 4 is 48.8 Å². The van der Waals surface area contributed by atoms with E-state index in [1.807, 2.05) is 6.92 Å². The Morgan fingerprint density at radius 1 is 1.30 bits per heavy atom. The first-order valence-electron chi connectivity index (χ1n) is 10.0. The molecule has 0 radical (unpaired) electrons. The van der Waals surface area contributed by atoms with Crippen LogP contribution < -0.4 is 4.80 Å². The Balaban J connectivity index is 1.65. The standard InChI is InChI=1S/C21H25N3O3S3/c1-4-24-17-12-14(2)11-15(3)19(17)29-21(24)22-20(25)16-7-5-9-23(13-16)30(26,27)18-8-6-10-28-18/h6,8,10-12,16H,4-5,7,9,13H2,1-3H3. The largest absolute Gasteiger partial charge is 0.317 e. The lowest BCUT2D eigenvalue weighted by Crippen LogP contribution is -2.42. The summed E-state index contributed by atoms with van der Waals surface area (Å²) >= 11 is 2.73. The third kappa shape index (κ3) is 3.91. The Kier molecular flexibility index (Phi) is 5.98. The summed E-state index contributed by atoms with van der Waals surface area (Å²) in [6.07, 6.45) is 1.32. The SMILES string of the molecule is CCn1c(=NC(=O)C2CCCN(S(=O)(=O)c3cccs3)C2)sc2c(C)cc(C)cc21. The Morgan fingerprint density at radius 3 is 2.80 bits per heavy atom. The molecule has 1 unspecified atom stereocenters. The first-order chi connectivity index (χ1) is 14.3. The summed E-state index contributed by atoms with van der Waals surface area (Å²) in [4.78, 5) is 18.2. The fourth-order valence-corrected chi connectivity index (χ4v) is 7.81. The van der Waals surface area contributed by atoms with Gasteiger partial charge in [-0.25, -0.2) is 8.42 Å². The molecule has 1 atom stereocenters. The van der Waals surface area contributed by atoms with Gasteiger partial charge in [-0.1, -0.05) is 23.5 Å². The van der Waals surface area contributed by atoms with E-state index >= 15 is 0 Å². The molecule has 30 heavy (non-hydrogen) atoms. The first kappa shape index (κ1) is 21.4. The number of aryl methyl sites for hydroxylation is 3. The van der Waals surface area contributed by atoms with Gasteiger partial charge in [0.25, 0.3) is 15.9 Å². The van der Waals surface area contributed by atoms with E-state index in [2.05, 4.69) is 35.5 Å². The van der Waals surface area contributed by atoms with E-state index in [9.17, 15) is 13.2 Å². The second-order valence-electron chi connectivity index (χ2n) is 7.64. The number of carbonyl (C=O) groups is 1. The van der Waals surface area contributed by atoms with Crippen LogP contribution in [0, 0.1) is 19.8 Å². The van der Waals surface area contributed by atoms with Gasteiger partial charge < -0.3 is 4.57 Å². The van der Waals surface area contributed by atoms with Crippen molar-refractivity contribution in [3.8, 4) is 0 Å². The number of hydrogen-bond acceptors (Lipinski definition) is 5. The maximum atomic E-state index is 13.0. The highest BCUT2D eigenvalue weighted by Gasteiger charge is 2.33. The van der Waals surface area contributed by atoms with E-state index in [4.69, 9.17) is 0 Å². The van der Waals surface area contributed by atoms with Crippen molar-refractivity contribution in [1.29, 1.82) is 0 Å². The number of aromatic nitrogens is 1. The molecule has 1 fully saturated rings. The van der Waals surface area contributed by atoms with Gasteiger partial charge >= 0.3 is 0 Å². The molecule has 1 aromatic carbocycles. The van der Waals surface area contributed by atoms with E-state index in [1.54, 1.807) is 17.5 Å². The van der Waals surface area contributed by atoms with Gasteiger partial charge in [-0.05, 0) is 62.3 Å². The van der Waals surface area contributed by atoms with Crippen LogP contribution in [0.1, 0.15) is 30.9 Å². The minimum absolute atomic E-state index is 0.192. The summed E-state index contributed by atoms with van der Waals surface area (Å²) in [6.45, 7) is 7.54. The van der Waals surface area contributed by atoms with E-state index in [0.717, 1.165) is 16.8 Å². The number of hydrogen-bond donors (Lipinski definition) is 0. The van der Waals surface area contributed by atoms with Crippen LogP contribution in [0.25, 0.3) is 10.2 Å². The third-order valence-electron chi connectivity index (χ3n) is 5.46. The zero-order valence-corrected chi connectivity index (χ0v) is 19.7. The number of fused-ring (bicyclic) bond motifs is 1. The minimum Gasteiger partial charge on any atom is -0.317 e. The lowest BCUT2D eigenvalue weighted by Gasteiger charge is -2.29. The smallest absolute Gasteiger partial charge is 0.252 e. The van der Waals surface area contributed by atoms with Gasteiger partial charge in [0.2, 0.25) is 0 Å². The molecule has 9 heteroatoms. The number of amides is 1. The molecule has 1 aliphatic rings. The topological polar surface area (TPSA) is 71.7 Å². The number of benzene rings is 1. The molecule has 0 bridgehead atoms. The molecule has 1 aliphatic heterocycles. The monoisotopic (exact) mass is 463 g/mol. The Morgan fingerprint density at radius 2 is 2.10 bits per heavy atom. The van der Waals surface area contributed by atoms with Crippen LogP contribution in [0.3, 0.4) is 0 Å². The van der Waals surface area contributed by atoms with Crippen molar-refractivity contribution in [2.24, 2.45) is 10.9 Å². The number of carbonyl (C=O) groups excluding carboxylic acids is 1. The quantitative estimate of drug-likeness (QED) is 0.589. The Hall–Kier alpha value is -1.81. The van der Waals surface area contributed by atoms with Crippen LogP contribution in [0.15, 0.2) is 38.8 Å². The summed E-state index contributed by atoms with van der Waals surface area (Å²) in [5.74, 6) is -0.643. The predicted molar refractivity (Wildman–Crippen MR) is 121 cm³/mol. The molecule has 3 aromatic rings. The normalized spacial score (nSPS) is 18.9. The molecule has 0 N–H and O–H groups in total. The predicted octanol–water partition coefficient (Wildman–Crippen LogP) is 3.93. The maximum absolute atomic E-state index is 13.0. The third-order valence-corrected chi connectivity index (χ3v) is 9.93. The van der Waals surface area contributed by atoms with Gasteiger partial charge in [0.05, 0.1) is 16.1 Å². The van der Waals surface area contributed by atoms with Gasteiger partial charge in [0, 0.05) is 19.6 Å². The van der Waals surface area contributed by atoms with Crippen molar-refractivity contribution in [1.82, 2.24) is 8.87 Å². The first-order valence-corrected chi connectivity index (χ1v) is 13.2. The van der Waals surface area contributed by atoms with Crippen molar-refractivity contribution in [3.63, 3.8) is 0 Å². The van der Waals surface area contributed by atoms with Crippen LogP contribution in [-0.4, -0.2) is 36.3 Å². The summed E-state index contributed by atoms with van der Waals surface area (Å²) in [7, 11) is -3.55. The molecular formula is C21H25N3O3S3. The Bertz CT molecular complexity index is 1250. The van der Waals surface area contributed by atoms with Gasteiger partial charge in [0.15, 0.2) is 4.80 Å². The van der Waals surface area contributed by atoms with Crippen LogP contribution in [0.4, 0.5) is 0 Å². The van der Waals surface area contributed by atoms with Crippen LogP contribution in [-0.2, 0) is 21.4 Å². The molecule has 0 aliphatic carbocycles. The average Bonchev–Trinajstić information content (AvgIpc) is 3.36. The average molecular weight is 464 g/mol. The van der Waals surface area contributed by atoms with E-state index in [0.29, 0.717) is 28.4 Å². The van der Waals surface area contributed by atoms with E-state index in [-0.39, 0.29) is 12.5 Å². The van der Waals surface area contributed by atoms with E-state index in [1.165, 1.54) is 38.1 Å². The van der Waals surface area contributed by atoms with Crippen LogP contribution in [0.5, 0.6) is 0 Å². The van der Waals surface area contributed by atoms with Crippen molar-refractivity contribution < 1.29 is 13.2 Å². The molecule has 1 saturated heterocycles. The summed E-state index contributed by atoms with van der Waals surface area (Å²) in [5.41, 5.74) is 3.45. The van der Waals surface area contributed by atoms with Crippen molar-refractivity contribution in [2.75, 3.05) is 13.1 Å². The lowest BCUT2D eigenvalue weighted by atomic mass is 9.99. The summed E-state index contributed by atoms with van der Waals surface area (Å²) < 4.78 is 30.7. The number of sulfonamides is 1. The number of rotatable bonds is 4. The second kappa shape index (κ2) is 8.37. The maximum Gasteiger partial charge on any atom is 0.252 e.